The Morgan fingerprint density at radius 3 is 2.63 bits per heavy atom. The van der Waals surface area contributed by atoms with E-state index in [1.54, 1.807) is 0 Å². The first-order valence-corrected chi connectivity index (χ1v) is 10.4. The number of carbonyl (C=O) groups is 2. The van der Waals surface area contributed by atoms with Crippen molar-refractivity contribution in [1.29, 1.82) is 0 Å². The molecule has 27 heavy (non-hydrogen) atoms. The lowest BCUT2D eigenvalue weighted by molar-refractivity contribution is -0.131. The Morgan fingerprint density at radius 2 is 1.96 bits per heavy atom. The zero-order chi connectivity index (χ0) is 19.3. The Hall–Kier alpha value is -1.88. The molecule has 1 aromatic rings. The number of amides is 2. The van der Waals surface area contributed by atoms with Gasteiger partial charge in [0.1, 0.15) is 6.04 Å². The topological polar surface area (TPSA) is 61.4 Å². The normalized spacial score (nSPS) is 22.6. The molecule has 2 N–H and O–H groups in total. The summed E-state index contributed by atoms with van der Waals surface area (Å²) in [6.45, 7) is 6.15. The van der Waals surface area contributed by atoms with Crippen LogP contribution in [0.1, 0.15) is 51.5 Å². The van der Waals surface area contributed by atoms with Gasteiger partial charge in [-0.05, 0) is 37.8 Å². The molecular weight excluding hydrogens is 338 g/mol. The Labute approximate surface area is 162 Å². The van der Waals surface area contributed by atoms with E-state index in [1.165, 1.54) is 18.4 Å². The number of hydrogen-bond acceptors (Lipinski definition) is 3. The van der Waals surface area contributed by atoms with Crippen molar-refractivity contribution in [3.05, 3.63) is 35.9 Å². The van der Waals surface area contributed by atoms with E-state index in [1.807, 2.05) is 19.9 Å². The first-order valence-electron chi connectivity index (χ1n) is 10.4. The molecule has 1 atom stereocenters. The maximum absolute atomic E-state index is 12.8. The Bertz CT molecular complexity index is 638. The van der Waals surface area contributed by atoms with Crippen molar-refractivity contribution >= 4 is 11.8 Å². The van der Waals surface area contributed by atoms with Gasteiger partial charge >= 0.3 is 0 Å². The molecule has 1 aliphatic carbocycles. The van der Waals surface area contributed by atoms with E-state index in [0.717, 1.165) is 38.8 Å². The SMILES string of the molecule is CC(C)C(=O)NC1CN(CCCc2ccccc2)CC2(CCCC2)NC1=O. The molecule has 2 amide bonds. The summed E-state index contributed by atoms with van der Waals surface area (Å²) in [4.78, 5) is 27.4. The van der Waals surface area contributed by atoms with Crippen LogP contribution in [0.5, 0.6) is 0 Å². The highest BCUT2D eigenvalue weighted by atomic mass is 16.2. The quantitative estimate of drug-likeness (QED) is 0.808. The molecule has 3 rings (SSSR count). The third-order valence-corrected chi connectivity index (χ3v) is 5.86. The fraction of sp³-hybridized carbons (Fsp3) is 0.636. The molecule has 1 saturated heterocycles. The van der Waals surface area contributed by atoms with Gasteiger partial charge in [-0.15, -0.1) is 0 Å². The van der Waals surface area contributed by atoms with Crippen LogP contribution in [0, 0.1) is 5.92 Å². The first-order chi connectivity index (χ1) is 13.0. The molecule has 1 aromatic carbocycles. The van der Waals surface area contributed by atoms with E-state index >= 15 is 0 Å². The number of rotatable bonds is 6. The van der Waals surface area contributed by atoms with E-state index in [0.29, 0.717) is 6.54 Å². The van der Waals surface area contributed by atoms with E-state index in [4.69, 9.17) is 0 Å². The van der Waals surface area contributed by atoms with Gasteiger partial charge in [0.05, 0.1) is 5.54 Å². The first kappa shape index (κ1) is 19.9. The van der Waals surface area contributed by atoms with Crippen molar-refractivity contribution in [2.75, 3.05) is 19.6 Å². The maximum Gasteiger partial charge on any atom is 0.244 e. The molecule has 0 radical (unpaired) electrons. The van der Waals surface area contributed by atoms with Crippen LogP contribution in [-0.2, 0) is 16.0 Å². The minimum absolute atomic E-state index is 0.0172. The zero-order valence-corrected chi connectivity index (χ0v) is 16.7. The smallest absolute Gasteiger partial charge is 0.244 e. The molecular formula is C22H33N3O2. The third-order valence-electron chi connectivity index (χ3n) is 5.86. The van der Waals surface area contributed by atoms with Gasteiger partial charge in [-0.1, -0.05) is 57.0 Å². The summed E-state index contributed by atoms with van der Waals surface area (Å²) in [5.74, 6) is -0.189. The highest BCUT2D eigenvalue weighted by Crippen LogP contribution is 2.32. The summed E-state index contributed by atoms with van der Waals surface area (Å²) < 4.78 is 0. The fourth-order valence-corrected chi connectivity index (χ4v) is 4.33. The van der Waals surface area contributed by atoms with Crippen LogP contribution in [-0.4, -0.2) is 47.9 Å². The summed E-state index contributed by atoms with van der Waals surface area (Å²) in [5.41, 5.74) is 1.24. The fourth-order valence-electron chi connectivity index (χ4n) is 4.33. The van der Waals surface area contributed by atoms with Gasteiger partial charge in [-0.2, -0.15) is 0 Å². The Kier molecular flexibility index (Phi) is 6.53. The highest BCUT2D eigenvalue weighted by molar-refractivity contribution is 5.89. The minimum atomic E-state index is -0.461. The van der Waals surface area contributed by atoms with Gasteiger partial charge in [0.25, 0.3) is 0 Å². The standard InChI is InChI=1S/C22H33N3O2/c1-17(2)20(26)23-19-15-25(14-8-11-18-9-4-3-5-10-18)16-22(24-21(19)27)12-6-7-13-22/h3-5,9-10,17,19H,6-8,11-16H2,1-2H3,(H,23,26)(H,24,27). The van der Waals surface area contributed by atoms with Crippen LogP contribution in [0.25, 0.3) is 0 Å². The van der Waals surface area contributed by atoms with E-state index < -0.39 is 6.04 Å². The van der Waals surface area contributed by atoms with Crippen molar-refractivity contribution in [3.63, 3.8) is 0 Å². The molecule has 1 spiro atoms. The molecule has 1 unspecified atom stereocenters. The van der Waals surface area contributed by atoms with Gasteiger partial charge in [0.15, 0.2) is 0 Å². The number of carbonyl (C=O) groups excluding carboxylic acids is 2. The molecule has 5 heteroatoms. The number of hydrogen-bond donors (Lipinski definition) is 2. The van der Waals surface area contributed by atoms with Gasteiger partial charge in [-0.3, -0.25) is 14.5 Å². The molecule has 0 aromatic heterocycles. The second kappa shape index (κ2) is 8.87. The number of nitrogens with one attached hydrogen (secondary N) is 2. The molecule has 1 aliphatic heterocycles. The van der Waals surface area contributed by atoms with Crippen LogP contribution < -0.4 is 10.6 Å². The zero-order valence-electron chi connectivity index (χ0n) is 16.7. The van der Waals surface area contributed by atoms with E-state index in [-0.39, 0.29) is 23.3 Å². The van der Waals surface area contributed by atoms with E-state index in [9.17, 15) is 9.59 Å². The van der Waals surface area contributed by atoms with E-state index in [2.05, 4.69) is 39.8 Å². The number of aryl methyl sites for hydroxylation is 1. The van der Waals surface area contributed by atoms with Gasteiger partial charge in [0.2, 0.25) is 11.8 Å². The van der Waals surface area contributed by atoms with Crippen LogP contribution >= 0.6 is 0 Å². The molecule has 1 saturated carbocycles. The largest absolute Gasteiger partial charge is 0.348 e. The lowest BCUT2D eigenvalue weighted by atomic mass is 9.97. The van der Waals surface area contributed by atoms with Crippen molar-refractivity contribution in [3.8, 4) is 0 Å². The molecule has 0 bridgehead atoms. The summed E-state index contributed by atoms with van der Waals surface area (Å²) >= 11 is 0. The van der Waals surface area contributed by atoms with Crippen LogP contribution in [0.4, 0.5) is 0 Å². The van der Waals surface area contributed by atoms with Crippen LogP contribution in [0.3, 0.4) is 0 Å². The monoisotopic (exact) mass is 371 g/mol. The van der Waals surface area contributed by atoms with Gasteiger partial charge in [-0.25, -0.2) is 0 Å². The van der Waals surface area contributed by atoms with Gasteiger partial charge < -0.3 is 10.6 Å². The maximum atomic E-state index is 12.8. The lowest BCUT2D eigenvalue weighted by Gasteiger charge is -2.32. The summed E-state index contributed by atoms with van der Waals surface area (Å²) in [6.07, 6.45) is 6.51. The Morgan fingerprint density at radius 1 is 1.26 bits per heavy atom. The minimum Gasteiger partial charge on any atom is -0.348 e. The average Bonchev–Trinajstić information content (AvgIpc) is 3.04. The van der Waals surface area contributed by atoms with Crippen molar-refractivity contribution in [1.82, 2.24) is 15.5 Å². The third kappa shape index (κ3) is 5.32. The van der Waals surface area contributed by atoms with Crippen LogP contribution in [0.15, 0.2) is 30.3 Å². The summed E-state index contributed by atoms with van der Waals surface area (Å²) in [7, 11) is 0. The predicted molar refractivity (Wildman–Crippen MR) is 107 cm³/mol. The van der Waals surface area contributed by atoms with Gasteiger partial charge in [0, 0.05) is 19.0 Å². The van der Waals surface area contributed by atoms with Crippen molar-refractivity contribution < 1.29 is 9.59 Å². The lowest BCUT2D eigenvalue weighted by Crippen LogP contribution is -2.54. The summed E-state index contributed by atoms with van der Waals surface area (Å²) in [5, 5.41) is 6.25. The molecule has 148 valence electrons. The van der Waals surface area contributed by atoms with Crippen molar-refractivity contribution in [2.24, 2.45) is 5.92 Å². The average molecular weight is 372 g/mol. The van der Waals surface area contributed by atoms with Crippen LogP contribution in [0.2, 0.25) is 0 Å². The molecule has 2 fully saturated rings. The second-order valence-electron chi connectivity index (χ2n) is 8.52. The Balaban J connectivity index is 1.65. The number of benzene rings is 1. The summed E-state index contributed by atoms with van der Waals surface area (Å²) in [6, 6.07) is 10.1. The second-order valence-corrected chi connectivity index (χ2v) is 8.52. The highest BCUT2D eigenvalue weighted by Gasteiger charge is 2.42. The molecule has 1 heterocycles. The molecule has 2 aliphatic rings. The predicted octanol–water partition coefficient (Wildman–Crippen LogP) is 2.50. The number of nitrogens with zero attached hydrogens (tertiary/aromatic N) is 1. The molecule has 5 nitrogen and oxygen atoms in total. The van der Waals surface area contributed by atoms with Crippen molar-refractivity contribution in [2.45, 2.75) is 64.0 Å².